The summed E-state index contributed by atoms with van der Waals surface area (Å²) in [4.78, 5) is 4.44. The summed E-state index contributed by atoms with van der Waals surface area (Å²) in [5.74, 6) is 0.536. The van der Waals surface area contributed by atoms with Gasteiger partial charge in [0.1, 0.15) is 5.82 Å². The number of sulfonamides is 1. The molecule has 0 N–H and O–H groups in total. The third-order valence-electron chi connectivity index (χ3n) is 6.52. The minimum absolute atomic E-state index is 0.210. The number of piperazine rings is 1. The van der Waals surface area contributed by atoms with Crippen LogP contribution in [0, 0.1) is 12.7 Å². The first-order valence-corrected chi connectivity index (χ1v) is 13.1. The van der Waals surface area contributed by atoms with Crippen molar-refractivity contribution in [1.29, 1.82) is 0 Å². The molecule has 2 aliphatic rings. The number of rotatable bonds is 5. The molecule has 0 atom stereocenters. The second-order valence-corrected chi connectivity index (χ2v) is 10.6. The molecule has 2 aliphatic heterocycles. The van der Waals surface area contributed by atoms with Gasteiger partial charge < -0.3 is 14.5 Å². The molecular formula is C25H28FN5O3S. The van der Waals surface area contributed by atoms with Crippen LogP contribution in [0.3, 0.4) is 0 Å². The van der Waals surface area contributed by atoms with Gasteiger partial charge in [0.15, 0.2) is 5.82 Å². The molecule has 1 aromatic heterocycles. The normalized spacial score (nSPS) is 17.5. The number of hydrogen-bond donors (Lipinski definition) is 0. The Labute approximate surface area is 205 Å². The molecule has 8 nitrogen and oxygen atoms in total. The van der Waals surface area contributed by atoms with Gasteiger partial charge in [-0.25, -0.2) is 12.8 Å². The SMILES string of the molecule is Cc1ccc(-c2ccc(N3CCN(c4ccccc4F)CC3)nn2)cc1S(=O)(=O)N1CCOCC1. The molecule has 0 aliphatic carbocycles. The number of hydrogen-bond acceptors (Lipinski definition) is 7. The van der Waals surface area contributed by atoms with Crippen LogP contribution in [0.5, 0.6) is 0 Å². The van der Waals surface area contributed by atoms with E-state index in [4.69, 9.17) is 4.74 Å². The summed E-state index contributed by atoms with van der Waals surface area (Å²) < 4.78 is 47.3. The van der Waals surface area contributed by atoms with E-state index in [0.717, 1.165) is 5.82 Å². The molecule has 3 aromatic rings. The van der Waals surface area contributed by atoms with Crippen LogP contribution in [-0.4, -0.2) is 75.4 Å². The quantitative estimate of drug-likeness (QED) is 0.536. The summed E-state index contributed by atoms with van der Waals surface area (Å²) in [7, 11) is -3.61. The second-order valence-electron chi connectivity index (χ2n) is 8.70. The fraction of sp³-hybridized carbons (Fsp3) is 0.360. The first-order chi connectivity index (χ1) is 16.9. The average Bonchev–Trinajstić information content (AvgIpc) is 2.90. The molecule has 0 saturated carbocycles. The molecule has 2 aromatic carbocycles. The second kappa shape index (κ2) is 9.88. The number of benzene rings is 2. The third kappa shape index (κ3) is 4.86. The number of nitrogens with zero attached hydrogens (tertiary/aromatic N) is 5. The first kappa shape index (κ1) is 23.7. The van der Waals surface area contributed by atoms with Crippen LogP contribution in [0.1, 0.15) is 5.56 Å². The fourth-order valence-corrected chi connectivity index (χ4v) is 6.15. The van der Waals surface area contributed by atoms with Crippen LogP contribution in [0.15, 0.2) is 59.5 Å². The lowest BCUT2D eigenvalue weighted by Gasteiger charge is -2.36. The molecule has 0 unspecified atom stereocenters. The maximum absolute atomic E-state index is 14.1. The Morgan fingerprint density at radius 3 is 2.26 bits per heavy atom. The molecule has 0 amide bonds. The van der Waals surface area contributed by atoms with Gasteiger partial charge in [-0.15, -0.1) is 10.2 Å². The monoisotopic (exact) mass is 497 g/mol. The van der Waals surface area contributed by atoms with Crippen LogP contribution >= 0.6 is 0 Å². The van der Waals surface area contributed by atoms with Gasteiger partial charge in [-0.3, -0.25) is 0 Å². The average molecular weight is 498 g/mol. The summed E-state index contributed by atoms with van der Waals surface area (Å²) in [6, 6.07) is 15.9. The third-order valence-corrected chi connectivity index (χ3v) is 8.56. The summed E-state index contributed by atoms with van der Waals surface area (Å²) in [6.45, 7) is 6.08. The molecule has 10 heteroatoms. The van der Waals surface area contributed by atoms with Crippen molar-refractivity contribution in [1.82, 2.24) is 14.5 Å². The van der Waals surface area contributed by atoms with Gasteiger partial charge in [0.05, 0.1) is 29.5 Å². The molecule has 184 valence electrons. The minimum Gasteiger partial charge on any atom is -0.379 e. The number of aryl methyl sites for hydroxylation is 1. The Hall–Kier alpha value is -3.08. The number of ether oxygens (including phenoxy) is 1. The van der Waals surface area contributed by atoms with Gasteiger partial charge in [0.2, 0.25) is 10.0 Å². The zero-order valence-electron chi connectivity index (χ0n) is 19.6. The maximum Gasteiger partial charge on any atom is 0.243 e. The van der Waals surface area contributed by atoms with Crippen molar-refractivity contribution < 1.29 is 17.5 Å². The topological polar surface area (TPSA) is 78.9 Å². The van der Waals surface area contributed by atoms with Crippen LogP contribution in [0.25, 0.3) is 11.3 Å². The Morgan fingerprint density at radius 1 is 0.857 bits per heavy atom. The number of morpholine rings is 1. The lowest BCUT2D eigenvalue weighted by Crippen LogP contribution is -2.47. The number of aromatic nitrogens is 2. The summed E-state index contributed by atoms with van der Waals surface area (Å²) in [5.41, 5.74) is 2.62. The van der Waals surface area contributed by atoms with Gasteiger partial charge in [0.25, 0.3) is 0 Å². The molecule has 2 saturated heterocycles. The molecule has 2 fully saturated rings. The van der Waals surface area contributed by atoms with Crippen molar-refractivity contribution in [3.05, 3.63) is 66.0 Å². The maximum atomic E-state index is 14.1. The van der Waals surface area contributed by atoms with E-state index < -0.39 is 10.0 Å². The lowest BCUT2D eigenvalue weighted by molar-refractivity contribution is 0.0730. The Kier molecular flexibility index (Phi) is 6.68. The molecule has 0 bridgehead atoms. The van der Waals surface area contributed by atoms with E-state index >= 15 is 0 Å². The van der Waals surface area contributed by atoms with E-state index in [1.54, 1.807) is 31.2 Å². The smallest absolute Gasteiger partial charge is 0.243 e. The van der Waals surface area contributed by atoms with Gasteiger partial charge in [-0.2, -0.15) is 4.31 Å². The summed E-state index contributed by atoms with van der Waals surface area (Å²) in [5, 5.41) is 8.79. The molecule has 0 radical (unpaired) electrons. The lowest BCUT2D eigenvalue weighted by atomic mass is 10.1. The van der Waals surface area contributed by atoms with Crippen molar-refractivity contribution in [2.24, 2.45) is 0 Å². The Balaban J connectivity index is 1.30. The molecule has 5 rings (SSSR count). The highest BCUT2D eigenvalue weighted by molar-refractivity contribution is 7.89. The van der Waals surface area contributed by atoms with E-state index in [1.807, 2.05) is 29.2 Å². The van der Waals surface area contributed by atoms with Crippen molar-refractivity contribution in [3.63, 3.8) is 0 Å². The number of halogens is 1. The van der Waals surface area contributed by atoms with E-state index in [9.17, 15) is 12.8 Å². The zero-order valence-corrected chi connectivity index (χ0v) is 20.4. The minimum atomic E-state index is -3.61. The van der Waals surface area contributed by atoms with Crippen molar-refractivity contribution in [2.45, 2.75) is 11.8 Å². The highest BCUT2D eigenvalue weighted by atomic mass is 32.2. The van der Waals surface area contributed by atoms with E-state index in [1.165, 1.54) is 10.4 Å². The molecule has 3 heterocycles. The van der Waals surface area contributed by atoms with Crippen molar-refractivity contribution in [3.8, 4) is 11.3 Å². The van der Waals surface area contributed by atoms with Crippen LogP contribution < -0.4 is 9.80 Å². The number of anilines is 2. The van der Waals surface area contributed by atoms with Crippen molar-refractivity contribution >= 4 is 21.5 Å². The largest absolute Gasteiger partial charge is 0.379 e. The summed E-state index contributed by atoms with van der Waals surface area (Å²) >= 11 is 0. The predicted molar refractivity (Wildman–Crippen MR) is 133 cm³/mol. The highest BCUT2D eigenvalue weighted by Gasteiger charge is 2.28. The zero-order chi connectivity index (χ0) is 24.4. The van der Waals surface area contributed by atoms with Gasteiger partial charge in [0, 0.05) is 44.8 Å². The first-order valence-electron chi connectivity index (χ1n) is 11.7. The Morgan fingerprint density at radius 2 is 1.57 bits per heavy atom. The van der Waals surface area contributed by atoms with E-state index in [0.29, 0.717) is 75.0 Å². The van der Waals surface area contributed by atoms with Crippen LogP contribution in [0.2, 0.25) is 0 Å². The van der Waals surface area contributed by atoms with Gasteiger partial charge in [-0.05, 0) is 42.8 Å². The van der Waals surface area contributed by atoms with E-state index in [-0.39, 0.29) is 10.7 Å². The van der Waals surface area contributed by atoms with Crippen LogP contribution in [-0.2, 0) is 14.8 Å². The van der Waals surface area contributed by atoms with Gasteiger partial charge in [-0.1, -0.05) is 24.3 Å². The molecule has 35 heavy (non-hydrogen) atoms. The molecule has 0 spiro atoms. The number of para-hydroxylation sites is 1. The predicted octanol–water partition coefficient (Wildman–Crippen LogP) is 2.94. The standard InChI is InChI=1S/C25H28FN5O3S/c1-19-6-7-20(18-24(19)35(32,33)31-14-16-34-17-15-31)22-8-9-25(28-27-22)30-12-10-29(11-13-30)23-5-3-2-4-21(23)26/h2-9,18H,10-17H2,1H3. The fourth-order valence-electron chi connectivity index (χ4n) is 4.50. The van der Waals surface area contributed by atoms with E-state index in [2.05, 4.69) is 15.1 Å². The van der Waals surface area contributed by atoms with Gasteiger partial charge >= 0.3 is 0 Å². The van der Waals surface area contributed by atoms with Crippen LogP contribution in [0.4, 0.5) is 15.9 Å². The van der Waals surface area contributed by atoms with Crippen molar-refractivity contribution in [2.75, 3.05) is 62.3 Å². The highest BCUT2D eigenvalue weighted by Crippen LogP contribution is 2.28. The summed E-state index contributed by atoms with van der Waals surface area (Å²) in [6.07, 6.45) is 0. The Bertz CT molecular complexity index is 1290. The molecular weight excluding hydrogens is 469 g/mol.